The standard InChI is InChI=1S/C12H16N2O2/c13-12(15)9-3-1-4-10(7-9)14-11-5-2-6-16-8-11/h1,3-4,7,11,14H,2,5-6,8H2,(H2,13,15). The SMILES string of the molecule is NC(=O)c1cccc(NC2CCCOC2)c1. The van der Waals surface area contributed by atoms with Crippen molar-refractivity contribution in [2.45, 2.75) is 18.9 Å². The third-order valence-corrected chi connectivity index (χ3v) is 2.68. The zero-order valence-electron chi connectivity index (χ0n) is 9.11. The molecule has 2 rings (SSSR count). The van der Waals surface area contributed by atoms with Gasteiger partial charge in [-0.05, 0) is 31.0 Å². The highest BCUT2D eigenvalue weighted by atomic mass is 16.5. The number of hydrogen-bond donors (Lipinski definition) is 2. The van der Waals surface area contributed by atoms with Crippen molar-refractivity contribution in [1.82, 2.24) is 0 Å². The molecule has 0 spiro atoms. The van der Waals surface area contributed by atoms with Crippen molar-refractivity contribution in [2.24, 2.45) is 5.73 Å². The number of benzene rings is 1. The van der Waals surface area contributed by atoms with E-state index >= 15 is 0 Å². The van der Waals surface area contributed by atoms with Crippen LogP contribution in [-0.4, -0.2) is 25.2 Å². The fraction of sp³-hybridized carbons (Fsp3) is 0.417. The lowest BCUT2D eigenvalue weighted by Crippen LogP contribution is -2.30. The molecule has 4 nitrogen and oxygen atoms in total. The van der Waals surface area contributed by atoms with Gasteiger partial charge in [-0.3, -0.25) is 4.79 Å². The van der Waals surface area contributed by atoms with Crippen molar-refractivity contribution in [1.29, 1.82) is 0 Å². The predicted molar refractivity (Wildman–Crippen MR) is 62.4 cm³/mol. The molecule has 1 aliphatic rings. The average Bonchev–Trinajstić information content (AvgIpc) is 2.30. The van der Waals surface area contributed by atoms with Crippen molar-refractivity contribution < 1.29 is 9.53 Å². The van der Waals surface area contributed by atoms with Gasteiger partial charge in [0.25, 0.3) is 0 Å². The molecular weight excluding hydrogens is 204 g/mol. The van der Waals surface area contributed by atoms with Crippen LogP contribution >= 0.6 is 0 Å². The third kappa shape index (κ3) is 2.73. The topological polar surface area (TPSA) is 64.4 Å². The van der Waals surface area contributed by atoms with Gasteiger partial charge in [-0.15, -0.1) is 0 Å². The summed E-state index contributed by atoms with van der Waals surface area (Å²) >= 11 is 0. The summed E-state index contributed by atoms with van der Waals surface area (Å²) in [5, 5.41) is 3.34. The van der Waals surface area contributed by atoms with Crippen LogP contribution < -0.4 is 11.1 Å². The van der Waals surface area contributed by atoms with Crippen LogP contribution in [0.1, 0.15) is 23.2 Å². The summed E-state index contributed by atoms with van der Waals surface area (Å²) in [7, 11) is 0. The van der Waals surface area contributed by atoms with E-state index in [2.05, 4.69) is 5.32 Å². The molecule has 4 heteroatoms. The van der Waals surface area contributed by atoms with Gasteiger partial charge >= 0.3 is 0 Å². The summed E-state index contributed by atoms with van der Waals surface area (Å²) in [5.41, 5.74) is 6.68. The average molecular weight is 220 g/mol. The van der Waals surface area contributed by atoms with E-state index in [1.807, 2.05) is 12.1 Å². The molecule has 1 atom stereocenters. The Morgan fingerprint density at radius 1 is 1.50 bits per heavy atom. The van der Waals surface area contributed by atoms with E-state index in [0.717, 1.165) is 31.7 Å². The molecule has 0 radical (unpaired) electrons. The number of anilines is 1. The van der Waals surface area contributed by atoms with Gasteiger partial charge in [-0.2, -0.15) is 0 Å². The number of rotatable bonds is 3. The van der Waals surface area contributed by atoms with Gasteiger partial charge in [0.15, 0.2) is 0 Å². The predicted octanol–water partition coefficient (Wildman–Crippen LogP) is 1.38. The molecule has 1 saturated heterocycles. The van der Waals surface area contributed by atoms with E-state index < -0.39 is 5.91 Å². The van der Waals surface area contributed by atoms with Gasteiger partial charge < -0.3 is 15.8 Å². The van der Waals surface area contributed by atoms with Crippen molar-refractivity contribution in [3.8, 4) is 0 Å². The first-order chi connectivity index (χ1) is 7.75. The van der Waals surface area contributed by atoms with E-state index in [1.54, 1.807) is 12.1 Å². The molecule has 1 amide bonds. The first kappa shape index (κ1) is 11.0. The molecule has 1 fully saturated rings. The maximum atomic E-state index is 11.0. The molecule has 1 heterocycles. The fourth-order valence-corrected chi connectivity index (χ4v) is 1.85. The number of nitrogens with one attached hydrogen (secondary N) is 1. The van der Waals surface area contributed by atoms with Gasteiger partial charge in [0.1, 0.15) is 0 Å². The molecule has 1 aromatic carbocycles. The van der Waals surface area contributed by atoms with Crippen LogP contribution in [0, 0.1) is 0 Å². The lowest BCUT2D eigenvalue weighted by molar-refractivity contribution is 0.0876. The molecule has 0 aromatic heterocycles. The zero-order chi connectivity index (χ0) is 11.4. The van der Waals surface area contributed by atoms with Gasteiger partial charge in [0, 0.05) is 23.9 Å². The Morgan fingerprint density at radius 3 is 3.06 bits per heavy atom. The second-order valence-electron chi connectivity index (χ2n) is 4.00. The van der Waals surface area contributed by atoms with Crippen molar-refractivity contribution in [2.75, 3.05) is 18.5 Å². The normalized spacial score (nSPS) is 20.4. The van der Waals surface area contributed by atoms with Crippen LogP contribution in [-0.2, 0) is 4.74 Å². The summed E-state index contributed by atoms with van der Waals surface area (Å²) in [6.45, 7) is 1.57. The summed E-state index contributed by atoms with van der Waals surface area (Å²) in [6.07, 6.45) is 2.17. The Bertz CT molecular complexity index is 373. The van der Waals surface area contributed by atoms with Crippen LogP contribution in [0.25, 0.3) is 0 Å². The Kier molecular flexibility index (Phi) is 3.41. The summed E-state index contributed by atoms with van der Waals surface area (Å²) in [6, 6.07) is 7.58. The number of amides is 1. The Morgan fingerprint density at radius 2 is 2.38 bits per heavy atom. The smallest absolute Gasteiger partial charge is 0.248 e. The quantitative estimate of drug-likeness (QED) is 0.808. The molecule has 0 bridgehead atoms. The highest BCUT2D eigenvalue weighted by molar-refractivity contribution is 5.93. The maximum absolute atomic E-state index is 11.0. The number of carbonyl (C=O) groups excluding carboxylic acids is 1. The molecule has 1 aliphatic heterocycles. The lowest BCUT2D eigenvalue weighted by Gasteiger charge is -2.24. The van der Waals surface area contributed by atoms with E-state index in [4.69, 9.17) is 10.5 Å². The van der Waals surface area contributed by atoms with Crippen LogP contribution in [0.2, 0.25) is 0 Å². The van der Waals surface area contributed by atoms with Crippen molar-refractivity contribution >= 4 is 11.6 Å². The molecule has 1 aromatic rings. The van der Waals surface area contributed by atoms with Gasteiger partial charge in [0.2, 0.25) is 5.91 Å². The fourth-order valence-electron chi connectivity index (χ4n) is 1.85. The van der Waals surface area contributed by atoms with Crippen LogP contribution in [0.4, 0.5) is 5.69 Å². The summed E-state index contributed by atoms with van der Waals surface area (Å²) in [4.78, 5) is 11.0. The van der Waals surface area contributed by atoms with E-state index in [1.165, 1.54) is 0 Å². The minimum absolute atomic E-state index is 0.330. The second kappa shape index (κ2) is 4.99. The summed E-state index contributed by atoms with van der Waals surface area (Å²) < 4.78 is 5.38. The maximum Gasteiger partial charge on any atom is 0.248 e. The van der Waals surface area contributed by atoms with E-state index in [0.29, 0.717) is 11.6 Å². The zero-order valence-corrected chi connectivity index (χ0v) is 9.11. The molecule has 0 saturated carbocycles. The van der Waals surface area contributed by atoms with E-state index in [9.17, 15) is 4.79 Å². The molecule has 16 heavy (non-hydrogen) atoms. The highest BCUT2D eigenvalue weighted by Crippen LogP contribution is 2.15. The van der Waals surface area contributed by atoms with Gasteiger partial charge in [-0.25, -0.2) is 0 Å². The minimum atomic E-state index is -0.399. The molecule has 86 valence electrons. The molecule has 3 N–H and O–H groups in total. The first-order valence-electron chi connectivity index (χ1n) is 5.50. The largest absolute Gasteiger partial charge is 0.380 e. The third-order valence-electron chi connectivity index (χ3n) is 2.68. The van der Waals surface area contributed by atoms with Gasteiger partial charge in [-0.1, -0.05) is 6.07 Å². The van der Waals surface area contributed by atoms with Crippen molar-refractivity contribution in [3.05, 3.63) is 29.8 Å². The van der Waals surface area contributed by atoms with Crippen LogP contribution in [0.15, 0.2) is 24.3 Å². The molecule has 1 unspecified atom stereocenters. The number of nitrogens with two attached hydrogens (primary N) is 1. The molecule has 0 aliphatic carbocycles. The number of ether oxygens (including phenoxy) is 1. The highest BCUT2D eigenvalue weighted by Gasteiger charge is 2.13. The van der Waals surface area contributed by atoms with Crippen LogP contribution in [0.5, 0.6) is 0 Å². The second-order valence-corrected chi connectivity index (χ2v) is 4.00. The number of primary amides is 1. The Labute approximate surface area is 94.8 Å². The van der Waals surface area contributed by atoms with Crippen molar-refractivity contribution in [3.63, 3.8) is 0 Å². The molecular formula is C12H16N2O2. The van der Waals surface area contributed by atoms with E-state index in [-0.39, 0.29) is 0 Å². The Balaban J connectivity index is 2.02. The van der Waals surface area contributed by atoms with Crippen LogP contribution in [0.3, 0.4) is 0 Å². The number of carbonyl (C=O) groups is 1. The minimum Gasteiger partial charge on any atom is -0.380 e. The van der Waals surface area contributed by atoms with Gasteiger partial charge in [0.05, 0.1) is 6.61 Å². The Hall–Kier alpha value is -1.55. The number of hydrogen-bond acceptors (Lipinski definition) is 3. The summed E-state index contributed by atoms with van der Waals surface area (Å²) in [5.74, 6) is -0.399. The first-order valence-corrected chi connectivity index (χ1v) is 5.50. The lowest BCUT2D eigenvalue weighted by atomic mass is 10.1. The monoisotopic (exact) mass is 220 g/mol.